The second-order valence-electron chi connectivity index (χ2n) is 2.35. The zero-order valence-corrected chi connectivity index (χ0v) is 8.15. The molecule has 0 radical (unpaired) electrons. The summed E-state index contributed by atoms with van der Waals surface area (Å²) in [5.41, 5.74) is 0. The maximum absolute atomic E-state index is 10.7. The fourth-order valence-electron chi connectivity index (χ4n) is 0.633. The molecule has 0 aromatic rings. The summed E-state index contributed by atoms with van der Waals surface area (Å²) < 4.78 is 20.9. The third kappa shape index (κ3) is 8.85. The van der Waals surface area contributed by atoms with Gasteiger partial charge in [0.2, 0.25) is 10.0 Å². The molecule has 6 heteroatoms. The molecule has 5 nitrogen and oxygen atoms in total. The van der Waals surface area contributed by atoms with Crippen LogP contribution in [0.15, 0.2) is 0 Å². The SMILES string of the molecule is CC#CC(=O)NCCCS(N)(=O)=O. The molecule has 0 saturated carbocycles. The van der Waals surface area contributed by atoms with Crippen LogP contribution >= 0.6 is 0 Å². The standard InChI is InChI=1S/C7H12N2O3S/c1-2-4-7(10)9-5-3-6-13(8,11)12/h3,5-6H2,1H3,(H,9,10)(H2,8,11,12). The van der Waals surface area contributed by atoms with E-state index in [0.717, 1.165) is 0 Å². The topological polar surface area (TPSA) is 89.3 Å². The van der Waals surface area contributed by atoms with Gasteiger partial charge in [0.05, 0.1) is 5.75 Å². The third-order valence-electron chi connectivity index (χ3n) is 1.13. The van der Waals surface area contributed by atoms with Crippen LogP contribution in [0.2, 0.25) is 0 Å². The highest BCUT2D eigenvalue weighted by atomic mass is 32.2. The first-order chi connectivity index (χ1) is 5.95. The zero-order valence-electron chi connectivity index (χ0n) is 7.33. The molecule has 0 saturated heterocycles. The van der Waals surface area contributed by atoms with Crippen LogP contribution in [0.25, 0.3) is 0 Å². The molecule has 0 aliphatic heterocycles. The van der Waals surface area contributed by atoms with Crippen LogP contribution in [0.5, 0.6) is 0 Å². The smallest absolute Gasteiger partial charge is 0.295 e. The van der Waals surface area contributed by atoms with Crippen molar-refractivity contribution in [3.05, 3.63) is 0 Å². The van der Waals surface area contributed by atoms with E-state index in [1.807, 2.05) is 0 Å². The zero-order chi connectivity index (χ0) is 10.3. The van der Waals surface area contributed by atoms with Crippen molar-refractivity contribution in [1.82, 2.24) is 5.32 Å². The Morgan fingerprint density at radius 1 is 1.54 bits per heavy atom. The van der Waals surface area contributed by atoms with Crippen LogP contribution in [0.1, 0.15) is 13.3 Å². The van der Waals surface area contributed by atoms with E-state index in [1.165, 1.54) is 0 Å². The minimum Gasteiger partial charge on any atom is -0.345 e. The highest BCUT2D eigenvalue weighted by Gasteiger charge is 2.01. The Morgan fingerprint density at radius 3 is 2.62 bits per heavy atom. The Kier molecular flexibility index (Phi) is 5.11. The second kappa shape index (κ2) is 5.56. The summed E-state index contributed by atoms with van der Waals surface area (Å²) >= 11 is 0. The molecule has 0 rings (SSSR count). The predicted octanol–water partition coefficient (Wildman–Crippen LogP) is -1.20. The number of hydrogen-bond donors (Lipinski definition) is 2. The fourth-order valence-corrected chi connectivity index (χ4v) is 1.18. The number of primary sulfonamides is 1. The molecule has 0 unspecified atom stereocenters. The van der Waals surface area contributed by atoms with Crippen molar-refractivity contribution in [2.45, 2.75) is 13.3 Å². The van der Waals surface area contributed by atoms with Gasteiger partial charge in [-0.15, -0.1) is 0 Å². The highest BCUT2D eigenvalue weighted by Crippen LogP contribution is 1.82. The van der Waals surface area contributed by atoms with Crippen molar-refractivity contribution in [3.63, 3.8) is 0 Å². The maximum Gasteiger partial charge on any atom is 0.295 e. The Balaban J connectivity index is 3.57. The van der Waals surface area contributed by atoms with E-state index < -0.39 is 15.9 Å². The van der Waals surface area contributed by atoms with Gasteiger partial charge in [-0.2, -0.15) is 0 Å². The van der Waals surface area contributed by atoms with Crippen molar-refractivity contribution in [2.75, 3.05) is 12.3 Å². The van der Waals surface area contributed by atoms with E-state index >= 15 is 0 Å². The van der Waals surface area contributed by atoms with Gasteiger partial charge in [-0.25, -0.2) is 13.6 Å². The van der Waals surface area contributed by atoms with E-state index in [4.69, 9.17) is 5.14 Å². The first kappa shape index (κ1) is 11.9. The van der Waals surface area contributed by atoms with Gasteiger partial charge in [0.25, 0.3) is 5.91 Å². The van der Waals surface area contributed by atoms with Crippen LogP contribution in [0.3, 0.4) is 0 Å². The van der Waals surface area contributed by atoms with Gasteiger partial charge in [-0.3, -0.25) is 4.79 Å². The Bertz CT molecular complexity index is 323. The lowest BCUT2D eigenvalue weighted by Crippen LogP contribution is -2.26. The lowest BCUT2D eigenvalue weighted by Gasteiger charge is -1.99. The quantitative estimate of drug-likeness (QED) is 0.445. The largest absolute Gasteiger partial charge is 0.345 e. The number of carbonyl (C=O) groups is 1. The molecule has 0 heterocycles. The summed E-state index contributed by atoms with van der Waals surface area (Å²) in [4.78, 5) is 10.7. The Labute approximate surface area is 77.7 Å². The van der Waals surface area contributed by atoms with Gasteiger partial charge in [-0.05, 0) is 19.3 Å². The fraction of sp³-hybridized carbons (Fsp3) is 0.571. The summed E-state index contributed by atoms with van der Waals surface area (Å²) in [7, 11) is -3.42. The molecule has 0 spiro atoms. The summed E-state index contributed by atoms with van der Waals surface area (Å²) in [6.07, 6.45) is 0.302. The van der Waals surface area contributed by atoms with Crippen molar-refractivity contribution < 1.29 is 13.2 Å². The molecule has 0 fully saturated rings. The number of sulfonamides is 1. The molecule has 74 valence electrons. The number of nitrogens with two attached hydrogens (primary N) is 1. The normalized spacial score (nSPS) is 10.0. The summed E-state index contributed by atoms with van der Waals surface area (Å²) in [6.45, 7) is 1.81. The first-order valence-electron chi connectivity index (χ1n) is 3.67. The molecule has 3 N–H and O–H groups in total. The molecule has 0 atom stereocenters. The summed E-state index contributed by atoms with van der Waals surface area (Å²) in [6, 6.07) is 0. The van der Waals surface area contributed by atoms with Crippen LogP contribution in [0.4, 0.5) is 0 Å². The van der Waals surface area contributed by atoms with Gasteiger partial charge in [0.1, 0.15) is 0 Å². The molecule has 1 amide bonds. The summed E-state index contributed by atoms with van der Waals surface area (Å²) in [5.74, 6) is 4.14. The van der Waals surface area contributed by atoms with Gasteiger partial charge in [0, 0.05) is 6.54 Å². The van der Waals surface area contributed by atoms with Gasteiger partial charge in [0.15, 0.2) is 0 Å². The predicted molar refractivity (Wildman–Crippen MR) is 49.1 cm³/mol. The molecule has 0 aromatic carbocycles. The Hall–Kier alpha value is -1.06. The van der Waals surface area contributed by atoms with Crippen LogP contribution in [-0.4, -0.2) is 26.6 Å². The van der Waals surface area contributed by atoms with Crippen LogP contribution in [0, 0.1) is 11.8 Å². The van der Waals surface area contributed by atoms with Crippen molar-refractivity contribution in [1.29, 1.82) is 0 Å². The van der Waals surface area contributed by atoms with Crippen molar-refractivity contribution >= 4 is 15.9 Å². The number of amides is 1. The lowest BCUT2D eigenvalue weighted by atomic mass is 10.4. The molecular weight excluding hydrogens is 192 g/mol. The molecule has 0 aliphatic rings. The molecule has 0 aromatic heterocycles. The number of nitrogens with one attached hydrogen (secondary N) is 1. The second-order valence-corrected chi connectivity index (χ2v) is 4.09. The molecular formula is C7H12N2O3S. The monoisotopic (exact) mass is 204 g/mol. The van der Waals surface area contributed by atoms with Gasteiger partial charge >= 0.3 is 0 Å². The number of rotatable bonds is 4. The van der Waals surface area contributed by atoms with E-state index in [1.54, 1.807) is 6.92 Å². The first-order valence-corrected chi connectivity index (χ1v) is 5.38. The summed E-state index contributed by atoms with van der Waals surface area (Å²) in [5, 5.41) is 7.17. The van der Waals surface area contributed by atoms with Crippen molar-refractivity contribution in [2.24, 2.45) is 5.14 Å². The third-order valence-corrected chi connectivity index (χ3v) is 1.99. The molecule has 0 bridgehead atoms. The molecule has 0 aliphatic carbocycles. The van der Waals surface area contributed by atoms with Crippen LogP contribution in [-0.2, 0) is 14.8 Å². The average molecular weight is 204 g/mol. The lowest BCUT2D eigenvalue weighted by molar-refractivity contribution is -0.115. The van der Waals surface area contributed by atoms with E-state index in [9.17, 15) is 13.2 Å². The highest BCUT2D eigenvalue weighted by molar-refractivity contribution is 7.89. The van der Waals surface area contributed by atoms with E-state index in [0.29, 0.717) is 6.42 Å². The van der Waals surface area contributed by atoms with E-state index in [-0.39, 0.29) is 12.3 Å². The Morgan fingerprint density at radius 2 is 2.15 bits per heavy atom. The molecule has 13 heavy (non-hydrogen) atoms. The van der Waals surface area contributed by atoms with E-state index in [2.05, 4.69) is 17.2 Å². The number of carbonyl (C=O) groups excluding carboxylic acids is 1. The van der Waals surface area contributed by atoms with Crippen LogP contribution < -0.4 is 10.5 Å². The minimum absolute atomic E-state index is 0.132. The van der Waals surface area contributed by atoms with Gasteiger partial charge < -0.3 is 5.32 Å². The average Bonchev–Trinajstić information content (AvgIpc) is 1.97. The van der Waals surface area contributed by atoms with Gasteiger partial charge in [-0.1, -0.05) is 5.92 Å². The van der Waals surface area contributed by atoms with Crippen molar-refractivity contribution in [3.8, 4) is 11.8 Å². The number of hydrogen-bond acceptors (Lipinski definition) is 3. The minimum atomic E-state index is -3.42. The maximum atomic E-state index is 10.7.